The number of hydrogen-bond acceptors (Lipinski definition) is 6. The third-order valence-electron chi connectivity index (χ3n) is 4.30. The highest BCUT2D eigenvalue weighted by molar-refractivity contribution is 5.75. The van der Waals surface area contributed by atoms with Gasteiger partial charge in [0.25, 0.3) is 0 Å². The van der Waals surface area contributed by atoms with Gasteiger partial charge in [-0.25, -0.2) is 4.79 Å². The van der Waals surface area contributed by atoms with Crippen LogP contribution in [-0.4, -0.2) is 30.4 Å². The highest BCUT2D eigenvalue weighted by Gasteiger charge is 2.15. The number of carbonyl (C=O) groups is 1. The van der Waals surface area contributed by atoms with Crippen molar-refractivity contribution in [1.82, 2.24) is 29.8 Å². The minimum atomic E-state index is -0.374. The van der Waals surface area contributed by atoms with E-state index >= 15 is 0 Å². The first-order valence-electron chi connectivity index (χ1n) is 8.97. The second kappa shape index (κ2) is 7.93. The number of carbonyl (C=O) groups excluding carboxylic acids is 1. The van der Waals surface area contributed by atoms with E-state index in [2.05, 4.69) is 20.6 Å². The van der Waals surface area contributed by atoms with Crippen LogP contribution >= 0.6 is 0 Å². The van der Waals surface area contributed by atoms with Crippen molar-refractivity contribution in [3.63, 3.8) is 0 Å². The molecule has 1 amide bonds. The number of nitrogens with one attached hydrogen (secondary N) is 1. The molecule has 1 aromatic carbocycles. The number of pyridine rings is 1. The molecule has 0 aliphatic heterocycles. The van der Waals surface area contributed by atoms with E-state index in [1.54, 1.807) is 31.3 Å². The highest BCUT2D eigenvalue weighted by Crippen LogP contribution is 2.15. The van der Waals surface area contributed by atoms with E-state index in [-0.39, 0.29) is 24.7 Å². The van der Waals surface area contributed by atoms with Crippen molar-refractivity contribution in [2.24, 2.45) is 0 Å². The molecule has 0 unspecified atom stereocenters. The second-order valence-corrected chi connectivity index (χ2v) is 6.33. The van der Waals surface area contributed by atoms with Gasteiger partial charge in [0.2, 0.25) is 5.91 Å². The Kier molecular flexibility index (Phi) is 5.02. The van der Waals surface area contributed by atoms with E-state index in [9.17, 15) is 9.59 Å². The molecule has 0 fully saturated rings. The molecular formula is C20H18N6O3. The number of rotatable bonds is 6. The predicted molar refractivity (Wildman–Crippen MR) is 104 cm³/mol. The number of para-hydroxylation sites is 1. The minimum absolute atomic E-state index is 0.140. The topological polar surface area (TPSA) is 108 Å². The molecular weight excluding hydrogens is 372 g/mol. The zero-order valence-corrected chi connectivity index (χ0v) is 15.6. The zero-order chi connectivity index (χ0) is 20.2. The van der Waals surface area contributed by atoms with Gasteiger partial charge in [0, 0.05) is 12.3 Å². The van der Waals surface area contributed by atoms with Crippen LogP contribution in [0.5, 0.6) is 0 Å². The SMILES string of the molecule is Cc1nn(-c2ccccc2)c(=O)n1CC(=O)NCc1cc(-c2ccccn2)no1. The summed E-state index contributed by atoms with van der Waals surface area (Å²) in [5, 5.41) is 10.9. The van der Waals surface area contributed by atoms with E-state index in [0.29, 0.717) is 28.7 Å². The molecule has 9 nitrogen and oxygen atoms in total. The van der Waals surface area contributed by atoms with Crippen LogP contribution in [0.2, 0.25) is 0 Å². The maximum Gasteiger partial charge on any atom is 0.351 e. The Bertz CT molecular complexity index is 1180. The van der Waals surface area contributed by atoms with Crippen molar-refractivity contribution in [1.29, 1.82) is 0 Å². The number of aryl methyl sites for hydroxylation is 1. The molecule has 0 saturated heterocycles. The second-order valence-electron chi connectivity index (χ2n) is 6.33. The van der Waals surface area contributed by atoms with Crippen LogP contribution in [0.3, 0.4) is 0 Å². The molecule has 146 valence electrons. The van der Waals surface area contributed by atoms with Gasteiger partial charge in [-0.15, -0.1) is 0 Å². The van der Waals surface area contributed by atoms with Crippen LogP contribution in [0.4, 0.5) is 0 Å². The first kappa shape index (κ1) is 18.4. The molecule has 4 aromatic rings. The summed E-state index contributed by atoms with van der Waals surface area (Å²) in [6.07, 6.45) is 1.67. The highest BCUT2D eigenvalue weighted by atomic mass is 16.5. The summed E-state index contributed by atoms with van der Waals surface area (Å²) in [4.78, 5) is 29.1. The fraction of sp³-hybridized carbons (Fsp3) is 0.150. The van der Waals surface area contributed by atoms with Crippen molar-refractivity contribution >= 4 is 5.91 Å². The third-order valence-corrected chi connectivity index (χ3v) is 4.30. The minimum Gasteiger partial charge on any atom is -0.359 e. The Balaban J connectivity index is 1.41. The number of benzene rings is 1. The average molecular weight is 390 g/mol. The number of aromatic nitrogens is 5. The van der Waals surface area contributed by atoms with E-state index in [1.165, 1.54) is 9.25 Å². The Hall–Kier alpha value is -4.01. The molecule has 0 saturated carbocycles. The van der Waals surface area contributed by atoms with E-state index < -0.39 is 0 Å². The smallest absolute Gasteiger partial charge is 0.351 e. The lowest BCUT2D eigenvalue weighted by molar-refractivity contribution is -0.122. The summed E-state index contributed by atoms with van der Waals surface area (Å²) in [5.41, 5.74) is 1.54. The van der Waals surface area contributed by atoms with Crippen molar-refractivity contribution in [3.8, 4) is 17.1 Å². The zero-order valence-electron chi connectivity index (χ0n) is 15.6. The van der Waals surface area contributed by atoms with E-state index in [1.807, 2.05) is 36.4 Å². The van der Waals surface area contributed by atoms with Crippen molar-refractivity contribution < 1.29 is 9.32 Å². The Morgan fingerprint density at radius 2 is 1.90 bits per heavy atom. The van der Waals surface area contributed by atoms with Gasteiger partial charge < -0.3 is 9.84 Å². The number of nitrogens with zero attached hydrogens (tertiary/aromatic N) is 5. The number of amides is 1. The first-order chi connectivity index (χ1) is 14.1. The summed E-state index contributed by atoms with van der Waals surface area (Å²) < 4.78 is 7.84. The summed E-state index contributed by atoms with van der Waals surface area (Å²) in [7, 11) is 0. The van der Waals surface area contributed by atoms with Gasteiger partial charge in [0.1, 0.15) is 18.1 Å². The molecule has 0 radical (unpaired) electrons. The fourth-order valence-corrected chi connectivity index (χ4v) is 2.83. The molecule has 3 heterocycles. The lowest BCUT2D eigenvalue weighted by atomic mass is 10.2. The first-order valence-corrected chi connectivity index (χ1v) is 8.97. The van der Waals surface area contributed by atoms with Crippen LogP contribution in [0.25, 0.3) is 17.1 Å². The van der Waals surface area contributed by atoms with Gasteiger partial charge in [-0.3, -0.25) is 14.3 Å². The van der Waals surface area contributed by atoms with Gasteiger partial charge in [-0.1, -0.05) is 29.4 Å². The Morgan fingerprint density at radius 3 is 2.66 bits per heavy atom. The summed E-state index contributed by atoms with van der Waals surface area (Å²) in [6, 6.07) is 16.3. The van der Waals surface area contributed by atoms with Crippen molar-refractivity contribution in [2.45, 2.75) is 20.0 Å². The normalized spacial score (nSPS) is 10.8. The average Bonchev–Trinajstić information content (AvgIpc) is 3.34. The maximum atomic E-state index is 12.6. The largest absolute Gasteiger partial charge is 0.359 e. The van der Waals surface area contributed by atoms with Gasteiger partial charge in [0.15, 0.2) is 5.76 Å². The molecule has 0 aliphatic carbocycles. The molecule has 1 N–H and O–H groups in total. The molecule has 3 aromatic heterocycles. The third kappa shape index (κ3) is 3.98. The molecule has 9 heteroatoms. The van der Waals surface area contributed by atoms with Crippen molar-refractivity contribution in [3.05, 3.63) is 82.9 Å². The van der Waals surface area contributed by atoms with Gasteiger partial charge in [-0.2, -0.15) is 9.78 Å². The molecule has 4 rings (SSSR count). The van der Waals surface area contributed by atoms with E-state index in [0.717, 1.165) is 0 Å². The molecule has 0 aliphatic rings. The van der Waals surface area contributed by atoms with Gasteiger partial charge >= 0.3 is 5.69 Å². The van der Waals surface area contributed by atoms with Gasteiger partial charge in [0.05, 0.1) is 17.9 Å². The standard InChI is InChI=1S/C20H18N6O3/c1-14-23-26(15-7-3-2-4-8-15)20(28)25(14)13-19(27)22-12-16-11-18(24-29-16)17-9-5-6-10-21-17/h2-11H,12-13H2,1H3,(H,22,27). The summed E-state index contributed by atoms with van der Waals surface area (Å²) in [6.45, 7) is 1.70. The molecule has 0 atom stereocenters. The Morgan fingerprint density at radius 1 is 1.10 bits per heavy atom. The lowest BCUT2D eigenvalue weighted by Gasteiger charge is -2.04. The fourth-order valence-electron chi connectivity index (χ4n) is 2.83. The van der Waals surface area contributed by atoms with Crippen LogP contribution in [0, 0.1) is 6.92 Å². The van der Waals surface area contributed by atoms with Crippen LogP contribution in [0.15, 0.2) is 70.1 Å². The van der Waals surface area contributed by atoms with Gasteiger partial charge in [-0.05, 0) is 31.2 Å². The monoisotopic (exact) mass is 390 g/mol. The quantitative estimate of drug-likeness (QED) is 0.537. The molecule has 0 spiro atoms. The van der Waals surface area contributed by atoms with E-state index in [4.69, 9.17) is 4.52 Å². The lowest BCUT2D eigenvalue weighted by Crippen LogP contribution is -2.33. The molecule has 29 heavy (non-hydrogen) atoms. The van der Waals surface area contributed by atoms with Crippen LogP contribution in [0.1, 0.15) is 11.6 Å². The molecule has 0 bridgehead atoms. The number of hydrogen-bond donors (Lipinski definition) is 1. The Labute approximate surface area is 165 Å². The summed E-state index contributed by atoms with van der Waals surface area (Å²) in [5.74, 6) is 0.604. The maximum absolute atomic E-state index is 12.6. The van der Waals surface area contributed by atoms with Crippen LogP contribution < -0.4 is 11.0 Å². The van der Waals surface area contributed by atoms with Crippen LogP contribution in [-0.2, 0) is 17.9 Å². The van der Waals surface area contributed by atoms with Crippen molar-refractivity contribution in [2.75, 3.05) is 0 Å². The predicted octanol–water partition coefficient (Wildman–Crippen LogP) is 1.71. The summed E-state index contributed by atoms with van der Waals surface area (Å²) >= 11 is 0.